The van der Waals surface area contributed by atoms with Crippen molar-refractivity contribution in [2.45, 2.75) is 0 Å². The van der Waals surface area contributed by atoms with Crippen LogP contribution in [-0.2, 0) is 0 Å². The molecular weight excluding hydrogens is 232 g/mol. The third-order valence-electron chi connectivity index (χ3n) is 1.76. The van der Waals surface area contributed by atoms with E-state index in [-0.39, 0.29) is 11.7 Å². The molecule has 0 atom stereocenters. The zero-order valence-electron chi connectivity index (χ0n) is 8.66. The van der Waals surface area contributed by atoms with Crippen molar-refractivity contribution >= 4 is 40.0 Å². The van der Waals surface area contributed by atoms with Crippen LogP contribution in [0.3, 0.4) is 0 Å². The number of nitrogen functional groups attached to an aromatic ring is 1. The van der Waals surface area contributed by atoms with Crippen LogP contribution in [0.5, 0.6) is 0 Å². The van der Waals surface area contributed by atoms with Gasteiger partial charge in [-0.2, -0.15) is 16.1 Å². The molecule has 0 unspecified atom stereocenters. The topological polar surface area (TPSA) is 80.0 Å². The molecule has 1 heterocycles. The van der Waals surface area contributed by atoms with E-state index in [2.05, 4.69) is 15.0 Å². The van der Waals surface area contributed by atoms with E-state index in [1.807, 2.05) is 6.26 Å². The molecule has 0 spiro atoms. The van der Waals surface area contributed by atoms with Gasteiger partial charge in [0.2, 0.25) is 0 Å². The second-order valence-electron chi connectivity index (χ2n) is 2.77. The smallest absolute Gasteiger partial charge is 0.257 e. The highest BCUT2D eigenvalue weighted by Crippen LogP contribution is 2.26. The molecule has 0 aliphatic heterocycles. The third-order valence-corrected chi connectivity index (χ3v) is 3.20. The highest BCUT2D eigenvalue weighted by molar-refractivity contribution is 7.98. The molecule has 0 aliphatic carbocycles. The molecule has 0 radical (unpaired) electrons. The standard InChI is InChI=1S/C8H14N4OS2/c1-10-7(13)5-6(9)12-15-8(5)11-3-4-14-2/h11H,3-4H2,1-2H3,(H2,9,12)(H,10,13). The molecule has 5 nitrogen and oxygen atoms in total. The lowest BCUT2D eigenvalue weighted by Crippen LogP contribution is -2.20. The lowest BCUT2D eigenvalue weighted by molar-refractivity contribution is 0.0965. The van der Waals surface area contributed by atoms with Gasteiger partial charge in [-0.05, 0) is 17.8 Å². The molecule has 0 saturated heterocycles. The Labute approximate surface area is 97.0 Å². The number of nitrogens with one attached hydrogen (secondary N) is 2. The van der Waals surface area contributed by atoms with Gasteiger partial charge in [-0.25, -0.2) is 0 Å². The minimum Gasteiger partial charge on any atom is -0.382 e. The number of nitrogens with zero attached hydrogens (tertiary/aromatic N) is 1. The maximum absolute atomic E-state index is 11.5. The summed E-state index contributed by atoms with van der Waals surface area (Å²) in [7, 11) is 1.57. The van der Waals surface area contributed by atoms with E-state index >= 15 is 0 Å². The van der Waals surface area contributed by atoms with Crippen LogP contribution in [-0.4, -0.2) is 35.9 Å². The monoisotopic (exact) mass is 246 g/mol. The van der Waals surface area contributed by atoms with Crippen LogP contribution in [0.2, 0.25) is 0 Å². The second kappa shape index (κ2) is 5.82. The quantitative estimate of drug-likeness (QED) is 0.671. The molecule has 4 N–H and O–H groups in total. The van der Waals surface area contributed by atoms with Crippen molar-refractivity contribution in [1.82, 2.24) is 9.69 Å². The Kier molecular flexibility index (Phi) is 4.70. The predicted molar refractivity (Wildman–Crippen MR) is 66.8 cm³/mol. The van der Waals surface area contributed by atoms with Gasteiger partial charge >= 0.3 is 0 Å². The van der Waals surface area contributed by atoms with Gasteiger partial charge in [-0.15, -0.1) is 0 Å². The maximum atomic E-state index is 11.5. The summed E-state index contributed by atoms with van der Waals surface area (Å²) in [5.41, 5.74) is 6.06. The fourth-order valence-corrected chi connectivity index (χ4v) is 2.08. The van der Waals surface area contributed by atoms with Crippen molar-refractivity contribution in [2.24, 2.45) is 0 Å². The van der Waals surface area contributed by atoms with E-state index in [9.17, 15) is 4.79 Å². The summed E-state index contributed by atoms with van der Waals surface area (Å²) in [5, 5.41) is 6.42. The van der Waals surface area contributed by atoms with E-state index in [1.165, 1.54) is 11.5 Å². The van der Waals surface area contributed by atoms with E-state index in [1.54, 1.807) is 18.8 Å². The number of carbonyl (C=O) groups excluding carboxylic acids is 1. The first-order valence-corrected chi connectivity index (χ1v) is 6.57. The summed E-state index contributed by atoms with van der Waals surface area (Å²) < 4.78 is 3.95. The lowest BCUT2D eigenvalue weighted by Gasteiger charge is -2.04. The van der Waals surface area contributed by atoms with Crippen LogP contribution in [0, 0.1) is 0 Å². The number of aromatic nitrogens is 1. The van der Waals surface area contributed by atoms with Gasteiger partial charge in [0.1, 0.15) is 10.6 Å². The highest BCUT2D eigenvalue weighted by Gasteiger charge is 2.17. The van der Waals surface area contributed by atoms with Gasteiger partial charge in [0, 0.05) is 19.3 Å². The van der Waals surface area contributed by atoms with E-state index in [4.69, 9.17) is 5.73 Å². The summed E-state index contributed by atoms with van der Waals surface area (Å²) >= 11 is 2.95. The summed E-state index contributed by atoms with van der Waals surface area (Å²) in [6.45, 7) is 0.798. The van der Waals surface area contributed by atoms with E-state index < -0.39 is 0 Å². The van der Waals surface area contributed by atoms with Crippen molar-refractivity contribution in [3.8, 4) is 0 Å². The molecule has 7 heteroatoms. The predicted octanol–water partition coefficient (Wildman–Crippen LogP) is 0.860. The normalized spacial score (nSPS) is 10.0. The summed E-state index contributed by atoms with van der Waals surface area (Å²) in [5.74, 6) is 1.06. The van der Waals surface area contributed by atoms with Crippen LogP contribution in [0.4, 0.5) is 10.8 Å². The van der Waals surface area contributed by atoms with Crippen molar-refractivity contribution in [3.63, 3.8) is 0 Å². The third kappa shape index (κ3) is 3.00. The van der Waals surface area contributed by atoms with E-state index in [0.717, 1.165) is 17.3 Å². The average Bonchev–Trinajstić information content (AvgIpc) is 2.59. The van der Waals surface area contributed by atoms with Gasteiger partial charge in [0.15, 0.2) is 5.82 Å². The fourth-order valence-electron chi connectivity index (χ4n) is 1.03. The fraction of sp³-hybridized carbons (Fsp3) is 0.500. The molecule has 15 heavy (non-hydrogen) atoms. The number of nitrogens with two attached hydrogens (primary N) is 1. The molecule has 0 saturated carbocycles. The first kappa shape index (κ1) is 12.1. The van der Waals surface area contributed by atoms with Crippen molar-refractivity contribution < 1.29 is 4.79 Å². The van der Waals surface area contributed by atoms with E-state index in [0.29, 0.717) is 5.56 Å². The Morgan fingerprint density at radius 2 is 2.40 bits per heavy atom. The Morgan fingerprint density at radius 1 is 1.67 bits per heavy atom. The van der Waals surface area contributed by atoms with Gasteiger partial charge in [0.25, 0.3) is 5.91 Å². The number of hydrogen-bond donors (Lipinski definition) is 3. The van der Waals surface area contributed by atoms with Gasteiger partial charge < -0.3 is 16.4 Å². The number of rotatable bonds is 5. The molecular formula is C8H14N4OS2. The molecule has 0 aromatic carbocycles. The highest BCUT2D eigenvalue weighted by atomic mass is 32.2. The zero-order chi connectivity index (χ0) is 11.3. The number of thioether (sulfide) groups is 1. The molecule has 1 rings (SSSR count). The second-order valence-corrected chi connectivity index (χ2v) is 4.53. The number of amides is 1. The molecule has 84 valence electrons. The molecule has 1 aromatic rings. The number of anilines is 2. The molecule has 1 amide bonds. The Morgan fingerprint density at radius 3 is 3.00 bits per heavy atom. The van der Waals surface area contributed by atoms with Gasteiger partial charge in [0.05, 0.1) is 0 Å². The van der Waals surface area contributed by atoms with Gasteiger partial charge in [-0.3, -0.25) is 4.79 Å². The van der Waals surface area contributed by atoms with Gasteiger partial charge in [-0.1, -0.05) is 0 Å². The largest absolute Gasteiger partial charge is 0.382 e. The Hall–Kier alpha value is -0.950. The zero-order valence-corrected chi connectivity index (χ0v) is 10.3. The summed E-state index contributed by atoms with van der Waals surface area (Å²) in [4.78, 5) is 11.5. The van der Waals surface area contributed by atoms with Crippen molar-refractivity contribution in [3.05, 3.63) is 5.56 Å². The lowest BCUT2D eigenvalue weighted by atomic mass is 10.3. The minimum atomic E-state index is -0.201. The summed E-state index contributed by atoms with van der Waals surface area (Å²) in [6, 6.07) is 0. The molecule has 0 bridgehead atoms. The van der Waals surface area contributed by atoms with Crippen molar-refractivity contribution in [1.29, 1.82) is 0 Å². The van der Waals surface area contributed by atoms with Crippen LogP contribution in [0.15, 0.2) is 0 Å². The first-order valence-electron chi connectivity index (χ1n) is 4.40. The molecule has 0 fully saturated rings. The minimum absolute atomic E-state index is 0.201. The number of hydrogen-bond acceptors (Lipinski definition) is 6. The van der Waals surface area contributed by atoms with Crippen LogP contribution in [0.25, 0.3) is 0 Å². The molecule has 1 aromatic heterocycles. The van der Waals surface area contributed by atoms with Crippen molar-refractivity contribution in [2.75, 3.05) is 36.7 Å². The average molecular weight is 246 g/mol. The molecule has 0 aliphatic rings. The first-order chi connectivity index (χ1) is 7.20. The maximum Gasteiger partial charge on any atom is 0.257 e. The van der Waals surface area contributed by atoms with Crippen LogP contribution in [0.1, 0.15) is 10.4 Å². The summed E-state index contributed by atoms with van der Waals surface area (Å²) in [6.07, 6.45) is 2.03. The SMILES string of the molecule is CNC(=O)c1c(N)nsc1NCCSC. The number of carbonyl (C=O) groups is 1. The van der Waals surface area contributed by atoms with Crippen LogP contribution < -0.4 is 16.4 Å². The van der Waals surface area contributed by atoms with Crippen LogP contribution >= 0.6 is 23.3 Å². The Balaban J connectivity index is 2.75. The Bertz CT molecular complexity index is 339.